The van der Waals surface area contributed by atoms with Gasteiger partial charge < -0.3 is 17.7 Å². The molecule has 1 N–H and O–H groups in total. The molecule has 4 heteroatoms. The zero-order valence-electron chi connectivity index (χ0n) is 13.2. The number of nitrogens with zero attached hydrogens (tertiary/aromatic N) is 1. The zero-order chi connectivity index (χ0) is 15.9. The van der Waals surface area contributed by atoms with Crippen molar-refractivity contribution in [1.82, 2.24) is 5.32 Å². The first kappa shape index (κ1) is 17.7. The summed E-state index contributed by atoms with van der Waals surface area (Å²) < 4.78 is 2.06. The van der Waals surface area contributed by atoms with Crippen molar-refractivity contribution in [1.29, 1.82) is 0 Å². The van der Waals surface area contributed by atoms with Gasteiger partial charge in [0.2, 0.25) is 0 Å². The number of nitrogens with one attached hydrogen (secondary N) is 1. The molecule has 0 saturated carbocycles. The number of pyridine rings is 1. The van der Waals surface area contributed by atoms with E-state index in [4.69, 9.17) is 0 Å². The third-order valence-corrected chi connectivity index (χ3v) is 3.66. The van der Waals surface area contributed by atoms with E-state index in [9.17, 15) is 4.79 Å². The van der Waals surface area contributed by atoms with E-state index in [2.05, 4.69) is 22.0 Å². The molecule has 0 radical (unpaired) electrons. The average molecular weight is 339 g/mol. The summed E-state index contributed by atoms with van der Waals surface area (Å²) in [5, 5.41) is 2.94. The van der Waals surface area contributed by atoms with E-state index in [0.717, 1.165) is 12.1 Å². The van der Waals surface area contributed by atoms with E-state index in [1.165, 1.54) is 5.56 Å². The van der Waals surface area contributed by atoms with Crippen LogP contribution in [0.15, 0.2) is 85.2 Å². The smallest absolute Gasteiger partial charge is 0.252 e. The number of benzene rings is 2. The number of carbonyl (C=O) groups is 1. The van der Waals surface area contributed by atoms with Crippen molar-refractivity contribution in [3.63, 3.8) is 0 Å². The molecule has 1 amide bonds. The average Bonchev–Trinajstić information content (AvgIpc) is 2.62. The first-order valence-electron chi connectivity index (χ1n) is 7.66. The molecule has 0 aliphatic rings. The molecule has 0 saturated heterocycles. The molecule has 122 valence electrons. The molecule has 2 aromatic carbocycles. The molecular formula is C20H19ClN2O. The van der Waals surface area contributed by atoms with Crippen molar-refractivity contribution in [2.24, 2.45) is 0 Å². The number of hydrogen-bond donors (Lipinski definition) is 1. The fraction of sp³-hybridized carbons (Fsp3) is 0.100. The molecule has 0 atom stereocenters. The first-order valence-corrected chi connectivity index (χ1v) is 7.66. The number of halogens is 1. The third-order valence-electron chi connectivity index (χ3n) is 3.66. The van der Waals surface area contributed by atoms with Gasteiger partial charge in [-0.15, -0.1) is 0 Å². The van der Waals surface area contributed by atoms with Crippen LogP contribution in [-0.2, 0) is 13.1 Å². The number of amides is 1. The summed E-state index contributed by atoms with van der Waals surface area (Å²) in [7, 11) is 0. The normalized spacial score (nSPS) is 9.83. The summed E-state index contributed by atoms with van der Waals surface area (Å²) >= 11 is 0. The molecule has 0 aliphatic carbocycles. The summed E-state index contributed by atoms with van der Waals surface area (Å²) in [4.78, 5) is 12.2. The van der Waals surface area contributed by atoms with Crippen LogP contribution in [0, 0.1) is 0 Å². The van der Waals surface area contributed by atoms with Crippen LogP contribution in [0.1, 0.15) is 21.5 Å². The minimum atomic E-state index is -0.0549. The van der Waals surface area contributed by atoms with Crippen LogP contribution in [0.4, 0.5) is 0 Å². The molecule has 3 aromatic rings. The monoisotopic (exact) mass is 338 g/mol. The highest BCUT2D eigenvalue weighted by Gasteiger charge is 2.08. The maximum atomic E-state index is 12.2. The van der Waals surface area contributed by atoms with Crippen LogP contribution in [0.5, 0.6) is 0 Å². The maximum Gasteiger partial charge on any atom is 0.252 e. The Balaban J connectivity index is 0.00000208. The van der Waals surface area contributed by atoms with Crippen molar-refractivity contribution in [3.05, 3.63) is 102 Å². The molecule has 0 unspecified atom stereocenters. The molecule has 24 heavy (non-hydrogen) atoms. The Kier molecular flexibility index (Phi) is 6.52. The number of carbonyl (C=O) groups excluding carboxylic acids is 1. The van der Waals surface area contributed by atoms with E-state index >= 15 is 0 Å². The van der Waals surface area contributed by atoms with Crippen LogP contribution < -0.4 is 22.3 Å². The molecule has 0 bridgehead atoms. The minimum absolute atomic E-state index is 0. The molecular weight excluding hydrogens is 320 g/mol. The Labute approximate surface area is 148 Å². The van der Waals surface area contributed by atoms with Crippen LogP contribution >= 0.6 is 0 Å². The molecule has 1 aromatic heterocycles. The summed E-state index contributed by atoms with van der Waals surface area (Å²) in [5.41, 5.74) is 3.00. The first-order chi connectivity index (χ1) is 11.3. The highest BCUT2D eigenvalue weighted by Crippen LogP contribution is 2.01. The van der Waals surface area contributed by atoms with Gasteiger partial charge in [-0.3, -0.25) is 4.79 Å². The third kappa shape index (κ3) is 4.93. The van der Waals surface area contributed by atoms with Gasteiger partial charge in [0, 0.05) is 24.2 Å². The van der Waals surface area contributed by atoms with E-state index in [0.29, 0.717) is 12.1 Å². The lowest BCUT2D eigenvalue weighted by Gasteiger charge is -2.05. The van der Waals surface area contributed by atoms with Crippen molar-refractivity contribution in [2.45, 2.75) is 13.1 Å². The number of rotatable bonds is 5. The number of aromatic nitrogens is 1. The second kappa shape index (κ2) is 8.85. The molecule has 3 rings (SSSR count). The predicted molar refractivity (Wildman–Crippen MR) is 89.8 cm³/mol. The van der Waals surface area contributed by atoms with Gasteiger partial charge in [-0.2, -0.15) is 0 Å². The van der Waals surface area contributed by atoms with Gasteiger partial charge in [0.15, 0.2) is 18.9 Å². The maximum absolute atomic E-state index is 12.2. The lowest BCUT2D eigenvalue weighted by Crippen LogP contribution is -3.00. The van der Waals surface area contributed by atoms with E-state index in [1.807, 2.05) is 73.1 Å². The van der Waals surface area contributed by atoms with Crippen molar-refractivity contribution < 1.29 is 21.8 Å². The topological polar surface area (TPSA) is 33.0 Å². The molecule has 0 spiro atoms. The highest BCUT2D eigenvalue weighted by molar-refractivity contribution is 5.93. The molecule has 3 nitrogen and oxygen atoms in total. The van der Waals surface area contributed by atoms with Crippen LogP contribution in [0.25, 0.3) is 0 Å². The Morgan fingerprint density at radius 3 is 1.92 bits per heavy atom. The fourth-order valence-corrected chi connectivity index (χ4v) is 2.39. The van der Waals surface area contributed by atoms with Gasteiger partial charge in [-0.25, -0.2) is 4.57 Å². The minimum Gasteiger partial charge on any atom is -1.00 e. The van der Waals surface area contributed by atoms with Gasteiger partial charge in [0.25, 0.3) is 5.91 Å². The predicted octanol–water partition coefficient (Wildman–Crippen LogP) is -0.0436. The van der Waals surface area contributed by atoms with Crippen molar-refractivity contribution in [3.8, 4) is 0 Å². The lowest BCUT2D eigenvalue weighted by molar-refractivity contribution is -0.688. The Bertz CT molecular complexity index is 759. The van der Waals surface area contributed by atoms with Crippen molar-refractivity contribution in [2.75, 3.05) is 0 Å². The second-order valence-electron chi connectivity index (χ2n) is 5.41. The van der Waals surface area contributed by atoms with Gasteiger partial charge in [-0.1, -0.05) is 60.7 Å². The molecule has 0 aliphatic heterocycles. The highest BCUT2D eigenvalue weighted by atomic mass is 35.5. The second-order valence-corrected chi connectivity index (χ2v) is 5.41. The largest absolute Gasteiger partial charge is 1.00 e. The van der Waals surface area contributed by atoms with E-state index in [-0.39, 0.29) is 18.3 Å². The van der Waals surface area contributed by atoms with Crippen LogP contribution in [-0.4, -0.2) is 5.91 Å². The molecule has 0 fully saturated rings. The Hall–Kier alpha value is -2.65. The summed E-state index contributed by atoms with van der Waals surface area (Å²) in [5.74, 6) is -0.0549. The Morgan fingerprint density at radius 1 is 0.792 bits per heavy atom. The quantitative estimate of drug-likeness (QED) is 0.651. The SMILES string of the molecule is O=C(NCc1ccccc1)c1cc[n+](Cc2ccccc2)cc1.[Cl-]. The van der Waals surface area contributed by atoms with E-state index < -0.39 is 0 Å². The van der Waals surface area contributed by atoms with Gasteiger partial charge >= 0.3 is 0 Å². The van der Waals surface area contributed by atoms with Gasteiger partial charge in [0.1, 0.15) is 0 Å². The zero-order valence-corrected chi connectivity index (χ0v) is 14.0. The lowest BCUT2D eigenvalue weighted by atomic mass is 10.2. The molecule has 1 heterocycles. The van der Waals surface area contributed by atoms with Crippen LogP contribution in [0.3, 0.4) is 0 Å². The summed E-state index contributed by atoms with van der Waals surface area (Å²) in [6, 6.07) is 23.9. The summed E-state index contributed by atoms with van der Waals surface area (Å²) in [6.45, 7) is 1.34. The summed E-state index contributed by atoms with van der Waals surface area (Å²) in [6.07, 6.45) is 3.87. The fourth-order valence-electron chi connectivity index (χ4n) is 2.39. The van der Waals surface area contributed by atoms with Crippen molar-refractivity contribution >= 4 is 5.91 Å². The van der Waals surface area contributed by atoms with Gasteiger partial charge in [0.05, 0.1) is 5.56 Å². The number of hydrogen-bond acceptors (Lipinski definition) is 1. The standard InChI is InChI=1S/C20H18N2O.ClH/c23-20(21-15-17-7-3-1-4-8-17)19-11-13-22(14-12-19)16-18-9-5-2-6-10-18;/h1-14H,15-16H2;1H. The van der Waals surface area contributed by atoms with Crippen LogP contribution in [0.2, 0.25) is 0 Å². The Morgan fingerprint density at radius 2 is 1.33 bits per heavy atom. The van der Waals surface area contributed by atoms with Gasteiger partial charge in [-0.05, 0) is 5.56 Å². The van der Waals surface area contributed by atoms with E-state index in [1.54, 1.807) is 0 Å².